The van der Waals surface area contributed by atoms with Gasteiger partial charge in [-0.05, 0) is 48.4 Å². The zero-order valence-electron chi connectivity index (χ0n) is 15.9. The van der Waals surface area contributed by atoms with Crippen LogP contribution in [0.1, 0.15) is 24.5 Å². The molecule has 2 aliphatic heterocycles. The van der Waals surface area contributed by atoms with Crippen LogP contribution in [0.3, 0.4) is 0 Å². The van der Waals surface area contributed by atoms with Crippen LogP contribution in [0.25, 0.3) is 6.08 Å². The molecule has 0 saturated heterocycles. The van der Waals surface area contributed by atoms with E-state index in [1.54, 1.807) is 36.4 Å². The van der Waals surface area contributed by atoms with Gasteiger partial charge in [-0.15, -0.1) is 0 Å². The number of carbonyl (C=O) groups excluding carboxylic acids is 1. The summed E-state index contributed by atoms with van der Waals surface area (Å²) in [5.41, 5.74) is 1.40. The molecule has 29 heavy (non-hydrogen) atoms. The molecular formula is C21H18ClNO6. The predicted molar refractivity (Wildman–Crippen MR) is 107 cm³/mol. The Morgan fingerprint density at radius 3 is 2.83 bits per heavy atom. The molecule has 0 aromatic heterocycles. The quantitative estimate of drug-likeness (QED) is 0.519. The number of hydrogen-bond donors (Lipinski definition) is 0. The highest BCUT2D eigenvalue weighted by atomic mass is 35.5. The van der Waals surface area contributed by atoms with Crippen LogP contribution < -0.4 is 18.9 Å². The summed E-state index contributed by atoms with van der Waals surface area (Å²) in [5, 5.41) is 0.385. The third-order valence-electron chi connectivity index (χ3n) is 4.25. The van der Waals surface area contributed by atoms with Gasteiger partial charge >= 0.3 is 5.97 Å². The molecule has 0 atom stereocenters. The van der Waals surface area contributed by atoms with Crippen LogP contribution in [0, 0.1) is 0 Å². The lowest BCUT2D eigenvalue weighted by molar-refractivity contribution is -0.129. The van der Waals surface area contributed by atoms with Crippen molar-refractivity contribution in [3.8, 4) is 23.0 Å². The molecule has 0 radical (unpaired) electrons. The number of esters is 1. The fraction of sp³-hybridized carbons (Fsp3) is 0.238. The molecule has 0 amide bonds. The highest BCUT2D eigenvalue weighted by Gasteiger charge is 2.26. The van der Waals surface area contributed by atoms with Crippen molar-refractivity contribution >= 4 is 29.5 Å². The number of ether oxygens (including phenoxy) is 5. The van der Waals surface area contributed by atoms with E-state index in [1.165, 1.54) is 7.11 Å². The summed E-state index contributed by atoms with van der Waals surface area (Å²) in [7, 11) is 1.53. The van der Waals surface area contributed by atoms with Crippen LogP contribution in [0.4, 0.5) is 0 Å². The third-order valence-corrected chi connectivity index (χ3v) is 4.53. The molecule has 150 valence electrons. The minimum atomic E-state index is -0.556. The fourth-order valence-corrected chi connectivity index (χ4v) is 3.16. The molecule has 8 heteroatoms. The zero-order chi connectivity index (χ0) is 20.4. The molecule has 0 bridgehead atoms. The first kappa shape index (κ1) is 19.1. The Hall–Kier alpha value is -3.19. The van der Waals surface area contributed by atoms with Gasteiger partial charge in [0, 0.05) is 5.56 Å². The molecule has 2 aromatic carbocycles. The smallest absolute Gasteiger partial charge is 0.363 e. The van der Waals surface area contributed by atoms with Crippen LogP contribution in [0.5, 0.6) is 23.0 Å². The number of carbonyl (C=O) groups is 1. The maximum absolute atomic E-state index is 12.3. The van der Waals surface area contributed by atoms with Gasteiger partial charge in [-0.3, -0.25) is 0 Å². The van der Waals surface area contributed by atoms with Crippen molar-refractivity contribution in [3.05, 3.63) is 52.2 Å². The second-order valence-corrected chi connectivity index (χ2v) is 6.69. The van der Waals surface area contributed by atoms with Gasteiger partial charge in [0.1, 0.15) is 0 Å². The molecule has 0 fully saturated rings. The van der Waals surface area contributed by atoms with Crippen molar-refractivity contribution in [2.45, 2.75) is 13.3 Å². The van der Waals surface area contributed by atoms with Crippen LogP contribution in [-0.4, -0.2) is 32.4 Å². The average molecular weight is 416 g/mol. The first-order valence-corrected chi connectivity index (χ1v) is 9.39. The average Bonchev–Trinajstić information content (AvgIpc) is 3.33. The fourth-order valence-electron chi connectivity index (χ4n) is 2.89. The number of methoxy groups -OCH3 is 1. The normalized spacial score (nSPS) is 16.0. The Labute approximate surface area is 172 Å². The van der Waals surface area contributed by atoms with Crippen molar-refractivity contribution in [2.75, 3.05) is 20.5 Å². The van der Waals surface area contributed by atoms with E-state index in [0.717, 1.165) is 6.42 Å². The van der Waals surface area contributed by atoms with E-state index >= 15 is 0 Å². The van der Waals surface area contributed by atoms with Gasteiger partial charge in [-0.2, -0.15) is 0 Å². The molecule has 2 aromatic rings. The molecule has 2 aliphatic rings. The van der Waals surface area contributed by atoms with Crippen molar-refractivity contribution < 1.29 is 28.5 Å². The standard InChI is InChI=1S/C21H18ClNO6/c1-3-6-26-19-14(22)7-12(9-18(19)25-2)8-15-21(24)29-20(23-15)13-4-5-16-17(10-13)28-11-27-16/h4-5,7-10H,3,6,11H2,1-2H3/b15-8-. The lowest BCUT2D eigenvalue weighted by atomic mass is 10.1. The number of hydrogen-bond acceptors (Lipinski definition) is 7. The van der Waals surface area contributed by atoms with E-state index in [4.69, 9.17) is 35.3 Å². The minimum absolute atomic E-state index is 0.151. The Morgan fingerprint density at radius 1 is 1.21 bits per heavy atom. The minimum Gasteiger partial charge on any atom is -0.493 e. The predicted octanol–water partition coefficient (Wildman–Crippen LogP) is 4.21. The lowest BCUT2D eigenvalue weighted by Gasteiger charge is -2.12. The lowest BCUT2D eigenvalue weighted by Crippen LogP contribution is -2.05. The van der Waals surface area contributed by atoms with E-state index in [-0.39, 0.29) is 18.4 Å². The van der Waals surface area contributed by atoms with E-state index in [0.29, 0.717) is 45.8 Å². The van der Waals surface area contributed by atoms with Gasteiger partial charge < -0.3 is 23.7 Å². The number of halogens is 1. The Balaban J connectivity index is 1.64. The van der Waals surface area contributed by atoms with E-state index < -0.39 is 5.97 Å². The van der Waals surface area contributed by atoms with Crippen molar-refractivity contribution in [1.29, 1.82) is 0 Å². The number of benzene rings is 2. The Morgan fingerprint density at radius 2 is 2.03 bits per heavy atom. The summed E-state index contributed by atoms with van der Waals surface area (Å²) in [6.07, 6.45) is 2.43. The maximum atomic E-state index is 12.3. The second-order valence-electron chi connectivity index (χ2n) is 6.29. The zero-order valence-corrected chi connectivity index (χ0v) is 16.6. The molecule has 0 spiro atoms. The first-order chi connectivity index (χ1) is 14.1. The molecule has 0 N–H and O–H groups in total. The number of rotatable bonds is 6. The molecular weight excluding hydrogens is 398 g/mol. The highest BCUT2D eigenvalue weighted by molar-refractivity contribution is 6.32. The monoisotopic (exact) mass is 415 g/mol. The van der Waals surface area contributed by atoms with Crippen LogP contribution in [0.15, 0.2) is 41.0 Å². The molecule has 0 aliphatic carbocycles. The van der Waals surface area contributed by atoms with E-state index in [2.05, 4.69) is 4.99 Å². The first-order valence-electron chi connectivity index (χ1n) is 9.02. The van der Waals surface area contributed by atoms with E-state index in [1.807, 2.05) is 6.92 Å². The number of aliphatic imine (C=N–C) groups is 1. The number of nitrogens with zero attached hydrogens (tertiary/aromatic N) is 1. The van der Waals surface area contributed by atoms with Gasteiger partial charge in [0.2, 0.25) is 12.7 Å². The van der Waals surface area contributed by atoms with Gasteiger partial charge in [-0.1, -0.05) is 18.5 Å². The van der Waals surface area contributed by atoms with Crippen LogP contribution in [0.2, 0.25) is 5.02 Å². The molecule has 0 unspecified atom stereocenters. The summed E-state index contributed by atoms with van der Waals surface area (Å²) in [6, 6.07) is 8.63. The second kappa shape index (κ2) is 8.05. The molecule has 4 rings (SSSR count). The summed E-state index contributed by atoms with van der Waals surface area (Å²) < 4.78 is 27.0. The number of cyclic esters (lactones) is 1. The van der Waals surface area contributed by atoms with Crippen molar-refractivity contribution in [2.24, 2.45) is 4.99 Å². The largest absolute Gasteiger partial charge is 0.493 e. The van der Waals surface area contributed by atoms with E-state index in [9.17, 15) is 4.79 Å². The summed E-state index contributed by atoms with van der Waals surface area (Å²) in [4.78, 5) is 16.6. The van der Waals surface area contributed by atoms with Gasteiger partial charge in [-0.25, -0.2) is 9.79 Å². The highest BCUT2D eigenvalue weighted by Crippen LogP contribution is 2.38. The van der Waals surface area contributed by atoms with Crippen LogP contribution in [-0.2, 0) is 9.53 Å². The van der Waals surface area contributed by atoms with Gasteiger partial charge in [0.25, 0.3) is 0 Å². The SMILES string of the molecule is CCCOc1c(Cl)cc(/C=C2\N=C(c3ccc4c(c3)OCO4)OC2=O)cc1OC. The topological polar surface area (TPSA) is 75.6 Å². The Kier molecular flexibility index (Phi) is 5.31. The van der Waals surface area contributed by atoms with Crippen molar-refractivity contribution in [3.63, 3.8) is 0 Å². The summed E-state index contributed by atoms with van der Waals surface area (Å²) >= 11 is 6.34. The van der Waals surface area contributed by atoms with Crippen molar-refractivity contribution in [1.82, 2.24) is 0 Å². The van der Waals surface area contributed by atoms with Gasteiger partial charge in [0.15, 0.2) is 28.7 Å². The Bertz CT molecular complexity index is 1030. The molecule has 2 heterocycles. The third kappa shape index (κ3) is 3.86. The molecule has 0 saturated carbocycles. The summed E-state index contributed by atoms with van der Waals surface area (Å²) in [5.74, 6) is 1.81. The van der Waals surface area contributed by atoms with Gasteiger partial charge in [0.05, 0.1) is 18.7 Å². The number of fused-ring (bicyclic) bond motifs is 1. The molecule has 7 nitrogen and oxygen atoms in total. The maximum Gasteiger partial charge on any atom is 0.363 e. The van der Waals surface area contributed by atoms with Crippen LogP contribution >= 0.6 is 11.6 Å². The summed E-state index contributed by atoms with van der Waals surface area (Å²) in [6.45, 7) is 2.68.